The van der Waals surface area contributed by atoms with E-state index in [2.05, 4.69) is 5.32 Å². The van der Waals surface area contributed by atoms with Crippen LogP contribution in [0.1, 0.15) is 12.8 Å². The fourth-order valence-electron chi connectivity index (χ4n) is 1.18. The summed E-state index contributed by atoms with van der Waals surface area (Å²) in [4.78, 5) is 0. The smallest absolute Gasteiger partial charge is 0.250 e. The zero-order chi connectivity index (χ0) is 8.27. The minimum atomic E-state index is -2.24. The normalized spacial score (nSPS) is 30.5. The highest BCUT2D eigenvalue weighted by Crippen LogP contribution is 2.22. The molecule has 0 spiro atoms. The lowest BCUT2D eigenvalue weighted by atomic mass is 9.89. The van der Waals surface area contributed by atoms with Gasteiger partial charge in [-0.05, 0) is 12.8 Å². The van der Waals surface area contributed by atoms with E-state index < -0.39 is 6.43 Å². The molecule has 0 aromatic rings. The van der Waals surface area contributed by atoms with E-state index in [1.165, 1.54) is 0 Å². The molecular formula is C7H13F2NO. The number of hydrogen-bond acceptors (Lipinski definition) is 2. The van der Waals surface area contributed by atoms with Crippen LogP contribution in [-0.4, -0.2) is 32.2 Å². The lowest BCUT2D eigenvalue weighted by Crippen LogP contribution is -2.46. The Morgan fingerprint density at radius 1 is 1.55 bits per heavy atom. The molecule has 0 saturated heterocycles. The average Bonchev–Trinajstić information content (AvgIpc) is 1.84. The van der Waals surface area contributed by atoms with E-state index in [1.54, 1.807) is 7.11 Å². The van der Waals surface area contributed by atoms with Crippen LogP contribution in [0.2, 0.25) is 0 Å². The van der Waals surface area contributed by atoms with E-state index in [9.17, 15) is 8.78 Å². The lowest BCUT2D eigenvalue weighted by molar-refractivity contribution is 0.0122. The van der Waals surface area contributed by atoms with Gasteiger partial charge in [0.2, 0.25) is 0 Å². The van der Waals surface area contributed by atoms with E-state index in [0.717, 1.165) is 12.8 Å². The molecule has 0 aliphatic heterocycles. The van der Waals surface area contributed by atoms with Crippen molar-refractivity contribution in [1.29, 1.82) is 0 Å². The molecule has 66 valence electrons. The second-order valence-electron chi connectivity index (χ2n) is 2.83. The van der Waals surface area contributed by atoms with E-state index in [-0.39, 0.29) is 18.7 Å². The van der Waals surface area contributed by atoms with Gasteiger partial charge in [0, 0.05) is 13.2 Å². The van der Waals surface area contributed by atoms with Gasteiger partial charge >= 0.3 is 0 Å². The Morgan fingerprint density at radius 3 is 2.64 bits per heavy atom. The minimum Gasteiger partial charge on any atom is -0.381 e. The van der Waals surface area contributed by atoms with Gasteiger partial charge in [0.25, 0.3) is 6.43 Å². The SMILES string of the molecule is COC1CC(NCC(F)F)C1. The first-order valence-electron chi connectivity index (χ1n) is 3.76. The molecule has 1 aliphatic rings. The standard InChI is InChI=1S/C7H13F2NO/c1-11-6-2-5(3-6)10-4-7(8)9/h5-7,10H,2-4H2,1H3. The van der Waals surface area contributed by atoms with E-state index in [1.807, 2.05) is 0 Å². The van der Waals surface area contributed by atoms with Crippen molar-refractivity contribution < 1.29 is 13.5 Å². The van der Waals surface area contributed by atoms with Crippen LogP contribution < -0.4 is 5.32 Å². The van der Waals surface area contributed by atoms with Gasteiger partial charge in [-0.1, -0.05) is 0 Å². The summed E-state index contributed by atoms with van der Waals surface area (Å²) in [6.45, 7) is -0.193. The lowest BCUT2D eigenvalue weighted by Gasteiger charge is -2.34. The summed E-state index contributed by atoms with van der Waals surface area (Å²) < 4.78 is 28.3. The van der Waals surface area contributed by atoms with Crippen molar-refractivity contribution in [2.75, 3.05) is 13.7 Å². The largest absolute Gasteiger partial charge is 0.381 e. The van der Waals surface area contributed by atoms with Crippen LogP contribution in [0.3, 0.4) is 0 Å². The summed E-state index contributed by atoms with van der Waals surface area (Å²) >= 11 is 0. The monoisotopic (exact) mass is 165 g/mol. The Balaban J connectivity index is 1.96. The zero-order valence-corrected chi connectivity index (χ0v) is 6.52. The van der Waals surface area contributed by atoms with Crippen LogP contribution >= 0.6 is 0 Å². The van der Waals surface area contributed by atoms with Crippen molar-refractivity contribution in [1.82, 2.24) is 5.32 Å². The van der Waals surface area contributed by atoms with Gasteiger partial charge in [-0.3, -0.25) is 0 Å². The van der Waals surface area contributed by atoms with Crippen LogP contribution in [0.5, 0.6) is 0 Å². The Kier molecular flexibility index (Phi) is 3.20. The predicted molar refractivity (Wildman–Crippen MR) is 37.8 cm³/mol. The van der Waals surface area contributed by atoms with Gasteiger partial charge in [0.15, 0.2) is 0 Å². The Morgan fingerprint density at radius 2 is 2.18 bits per heavy atom. The molecule has 0 atom stereocenters. The molecule has 1 fully saturated rings. The van der Waals surface area contributed by atoms with Gasteiger partial charge in [0.05, 0.1) is 12.6 Å². The number of nitrogens with one attached hydrogen (secondary N) is 1. The summed E-state index contributed by atoms with van der Waals surface area (Å²) in [5.74, 6) is 0. The van der Waals surface area contributed by atoms with Crippen molar-refractivity contribution in [3.05, 3.63) is 0 Å². The molecule has 0 bridgehead atoms. The van der Waals surface area contributed by atoms with Crippen LogP contribution in [-0.2, 0) is 4.74 Å². The number of ether oxygens (including phenoxy) is 1. The summed E-state index contributed by atoms with van der Waals surface area (Å²) in [6.07, 6.45) is -0.228. The third kappa shape index (κ3) is 2.71. The van der Waals surface area contributed by atoms with Gasteiger partial charge in [-0.25, -0.2) is 8.78 Å². The predicted octanol–water partition coefficient (Wildman–Crippen LogP) is 1.02. The number of alkyl halides is 2. The molecule has 1 aliphatic carbocycles. The van der Waals surface area contributed by atoms with Crippen LogP contribution in [0.15, 0.2) is 0 Å². The first-order valence-corrected chi connectivity index (χ1v) is 3.76. The van der Waals surface area contributed by atoms with Gasteiger partial charge in [0.1, 0.15) is 0 Å². The maximum atomic E-state index is 11.6. The zero-order valence-electron chi connectivity index (χ0n) is 6.52. The molecule has 11 heavy (non-hydrogen) atoms. The fraction of sp³-hybridized carbons (Fsp3) is 1.00. The topological polar surface area (TPSA) is 21.3 Å². The third-order valence-corrected chi connectivity index (χ3v) is 1.99. The van der Waals surface area contributed by atoms with Crippen LogP contribution in [0.25, 0.3) is 0 Å². The minimum absolute atomic E-state index is 0.193. The van der Waals surface area contributed by atoms with Gasteiger partial charge < -0.3 is 10.1 Å². The summed E-state index contributed by atoms with van der Waals surface area (Å²) in [6, 6.07) is 0.244. The quantitative estimate of drug-likeness (QED) is 0.671. The number of halogens is 2. The maximum absolute atomic E-state index is 11.6. The van der Waals surface area contributed by atoms with E-state index in [4.69, 9.17) is 4.74 Å². The summed E-state index contributed by atoms with van der Waals surface area (Å²) in [5.41, 5.74) is 0. The van der Waals surface area contributed by atoms with Crippen molar-refractivity contribution >= 4 is 0 Å². The van der Waals surface area contributed by atoms with Crippen LogP contribution in [0, 0.1) is 0 Å². The molecule has 4 heteroatoms. The number of rotatable bonds is 4. The molecule has 1 saturated carbocycles. The second kappa shape index (κ2) is 3.97. The third-order valence-electron chi connectivity index (χ3n) is 1.99. The van der Waals surface area contributed by atoms with Crippen molar-refractivity contribution in [2.45, 2.75) is 31.4 Å². The van der Waals surface area contributed by atoms with Crippen LogP contribution in [0.4, 0.5) is 8.78 Å². The molecular weight excluding hydrogens is 152 g/mol. The highest BCUT2D eigenvalue weighted by Gasteiger charge is 2.28. The number of hydrogen-bond donors (Lipinski definition) is 1. The Bertz CT molecular complexity index is 115. The molecule has 1 rings (SSSR count). The first kappa shape index (κ1) is 8.87. The van der Waals surface area contributed by atoms with E-state index in [0.29, 0.717) is 0 Å². The van der Waals surface area contributed by atoms with Crippen molar-refractivity contribution in [3.8, 4) is 0 Å². The summed E-state index contributed by atoms with van der Waals surface area (Å²) in [5, 5.41) is 2.75. The summed E-state index contributed by atoms with van der Waals surface area (Å²) in [7, 11) is 1.65. The first-order chi connectivity index (χ1) is 5.22. The maximum Gasteiger partial charge on any atom is 0.250 e. The van der Waals surface area contributed by atoms with Crippen molar-refractivity contribution in [3.63, 3.8) is 0 Å². The van der Waals surface area contributed by atoms with Gasteiger partial charge in [-0.15, -0.1) is 0 Å². The Labute approximate surface area is 64.9 Å². The van der Waals surface area contributed by atoms with E-state index >= 15 is 0 Å². The molecule has 2 nitrogen and oxygen atoms in total. The average molecular weight is 165 g/mol. The molecule has 0 radical (unpaired) electrons. The van der Waals surface area contributed by atoms with Gasteiger partial charge in [-0.2, -0.15) is 0 Å². The van der Waals surface area contributed by atoms with Crippen molar-refractivity contribution in [2.24, 2.45) is 0 Å². The number of methoxy groups -OCH3 is 1. The highest BCUT2D eigenvalue weighted by molar-refractivity contribution is 4.85. The molecule has 0 aromatic carbocycles. The molecule has 0 heterocycles. The molecule has 0 aromatic heterocycles. The highest BCUT2D eigenvalue weighted by atomic mass is 19.3. The fourth-order valence-corrected chi connectivity index (χ4v) is 1.18. The molecule has 0 unspecified atom stereocenters. The molecule has 1 N–H and O–H groups in total. The second-order valence-corrected chi connectivity index (χ2v) is 2.83. The Hall–Kier alpha value is -0.220. The molecule has 0 amide bonds.